The lowest BCUT2D eigenvalue weighted by molar-refractivity contribution is 0.0324. The first-order valence-corrected chi connectivity index (χ1v) is 8.47. The molecule has 0 radical (unpaired) electrons. The maximum Gasteiger partial charge on any atom is 0.378 e. The number of hydrogen-bond donors (Lipinski definition) is 0. The molecule has 0 aliphatic rings. The van der Waals surface area contributed by atoms with Gasteiger partial charge in [0.25, 0.3) is 11.6 Å². The highest BCUT2D eigenvalue weighted by Gasteiger charge is 2.19. The summed E-state index contributed by atoms with van der Waals surface area (Å²) in [5, 5.41) is 6.35. The Balaban J connectivity index is 1.57. The maximum atomic E-state index is 12.3. The summed E-state index contributed by atoms with van der Waals surface area (Å²) in [6.07, 6.45) is 2.86. The zero-order chi connectivity index (χ0) is 17.4. The Morgan fingerprint density at radius 1 is 1.20 bits per heavy atom. The Kier molecular flexibility index (Phi) is 3.93. The Bertz CT molecular complexity index is 1090. The van der Waals surface area contributed by atoms with E-state index in [-0.39, 0.29) is 5.82 Å². The van der Waals surface area contributed by atoms with Gasteiger partial charge in [-0.05, 0) is 45.3 Å². The van der Waals surface area contributed by atoms with Crippen molar-refractivity contribution < 1.29 is 9.53 Å². The third-order valence-corrected chi connectivity index (χ3v) is 4.28. The fourth-order valence-electron chi connectivity index (χ4n) is 2.59. The van der Waals surface area contributed by atoms with Crippen LogP contribution in [0.15, 0.2) is 59.3 Å². The monoisotopic (exact) mass is 396 g/mol. The molecule has 2 aromatic carbocycles. The van der Waals surface area contributed by atoms with Gasteiger partial charge in [0.05, 0.1) is 4.47 Å². The van der Waals surface area contributed by atoms with Gasteiger partial charge < -0.3 is 4.74 Å². The van der Waals surface area contributed by atoms with Crippen LogP contribution in [0.25, 0.3) is 16.6 Å². The molecule has 0 spiro atoms. The van der Waals surface area contributed by atoms with Gasteiger partial charge in [0.1, 0.15) is 6.10 Å². The van der Waals surface area contributed by atoms with Gasteiger partial charge in [-0.1, -0.05) is 36.4 Å². The van der Waals surface area contributed by atoms with Gasteiger partial charge in [-0.2, -0.15) is 4.98 Å². The normalized spacial score (nSPS) is 12.4. The van der Waals surface area contributed by atoms with E-state index in [2.05, 4.69) is 31.0 Å². The van der Waals surface area contributed by atoms with E-state index in [0.29, 0.717) is 5.78 Å². The molecule has 0 aliphatic heterocycles. The summed E-state index contributed by atoms with van der Waals surface area (Å²) in [5.74, 6) is -0.256. The van der Waals surface area contributed by atoms with Crippen molar-refractivity contribution in [1.82, 2.24) is 19.6 Å². The van der Waals surface area contributed by atoms with Crippen LogP contribution in [0.3, 0.4) is 0 Å². The average Bonchev–Trinajstić information content (AvgIpc) is 3.04. The molecule has 0 fully saturated rings. The number of rotatable bonds is 3. The molecule has 7 heteroatoms. The van der Waals surface area contributed by atoms with Crippen molar-refractivity contribution in [3.63, 3.8) is 0 Å². The molecule has 0 bridgehead atoms. The van der Waals surface area contributed by atoms with Crippen LogP contribution < -0.4 is 0 Å². The molecule has 2 aromatic heterocycles. The van der Waals surface area contributed by atoms with Crippen molar-refractivity contribution in [1.29, 1.82) is 0 Å². The van der Waals surface area contributed by atoms with Gasteiger partial charge in [-0.3, -0.25) is 0 Å². The largest absolute Gasteiger partial charge is 0.452 e. The number of esters is 1. The van der Waals surface area contributed by atoms with E-state index in [4.69, 9.17) is 4.74 Å². The number of ether oxygens (including phenoxy) is 1. The van der Waals surface area contributed by atoms with Gasteiger partial charge >= 0.3 is 5.97 Å². The number of aromatic nitrogens is 4. The van der Waals surface area contributed by atoms with Gasteiger partial charge in [0.15, 0.2) is 0 Å². The van der Waals surface area contributed by atoms with Crippen LogP contribution in [-0.4, -0.2) is 25.6 Å². The first-order chi connectivity index (χ1) is 12.1. The number of carbonyl (C=O) groups excluding carboxylic acids is 1. The number of halogens is 1. The summed E-state index contributed by atoms with van der Waals surface area (Å²) < 4.78 is 7.69. The summed E-state index contributed by atoms with van der Waals surface area (Å²) in [6.45, 7) is 1.83. The molecule has 6 nitrogen and oxygen atoms in total. The Labute approximate surface area is 151 Å². The van der Waals surface area contributed by atoms with Crippen LogP contribution in [-0.2, 0) is 4.74 Å². The molecule has 1 atom stereocenters. The molecule has 4 rings (SSSR count). The number of fused-ring (bicyclic) bond motifs is 2. The second-order valence-electron chi connectivity index (χ2n) is 5.61. The number of hydrogen-bond acceptors (Lipinski definition) is 5. The van der Waals surface area contributed by atoms with E-state index in [0.717, 1.165) is 20.8 Å². The lowest BCUT2D eigenvalue weighted by atomic mass is 10.0. The van der Waals surface area contributed by atoms with Crippen molar-refractivity contribution in [2.75, 3.05) is 0 Å². The second-order valence-corrected chi connectivity index (χ2v) is 6.52. The third kappa shape index (κ3) is 3.10. The highest BCUT2D eigenvalue weighted by molar-refractivity contribution is 9.10. The molecule has 124 valence electrons. The SMILES string of the molecule is C[C@@H](OC(=O)c1nc2ncc(Br)cn2n1)c1ccc2ccccc2c1. The number of nitrogens with zero attached hydrogens (tertiary/aromatic N) is 4. The van der Waals surface area contributed by atoms with E-state index in [9.17, 15) is 4.79 Å². The van der Waals surface area contributed by atoms with Gasteiger partial charge in [-0.15, -0.1) is 5.10 Å². The highest BCUT2D eigenvalue weighted by atomic mass is 79.9. The van der Waals surface area contributed by atoms with Crippen molar-refractivity contribution in [2.24, 2.45) is 0 Å². The van der Waals surface area contributed by atoms with Crippen molar-refractivity contribution >= 4 is 38.4 Å². The molecule has 25 heavy (non-hydrogen) atoms. The molecule has 0 saturated heterocycles. The second kappa shape index (κ2) is 6.25. The quantitative estimate of drug-likeness (QED) is 0.490. The number of carbonyl (C=O) groups is 1. The predicted molar refractivity (Wildman–Crippen MR) is 96.3 cm³/mol. The smallest absolute Gasteiger partial charge is 0.378 e. The summed E-state index contributed by atoms with van der Waals surface area (Å²) in [6, 6.07) is 14.0. The molecule has 0 aliphatic carbocycles. The third-order valence-electron chi connectivity index (χ3n) is 3.87. The Morgan fingerprint density at radius 2 is 2.00 bits per heavy atom. The Hall–Kier alpha value is -2.80. The van der Waals surface area contributed by atoms with Crippen molar-refractivity contribution in [3.05, 3.63) is 70.7 Å². The summed E-state index contributed by atoms with van der Waals surface area (Å²) >= 11 is 3.30. The minimum atomic E-state index is -0.581. The van der Waals surface area contributed by atoms with Crippen molar-refractivity contribution in [3.8, 4) is 0 Å². The molecular formula is C18H13BrN4O2. The van der Waals surface area contributed by atoms with E-state index in [1.165, 1.54) is 4.52 Å². The molecule has 0 N–H and O–H groups in total. The van der Waals surface area contributed by atoms with Gasteiger partial charge in [0, 0.05) is 12.4 Å². The lowest BCUT2D eigenvalue weighted by Gasteiger charge is -2.13. The summed E-state index contributed by atoms with van der Waals surface area (Å²) in [5.41, 5.74) is 0.914. The summed E-state index contributed by atoms with van der Waals surface area (Å²) in [7, 11) is 0. The fraction of sp³-hybridized carbons (Fsp3) is 0.111. The first kappa shape index (κ1) is 15.7. The average molecular weight is 397 g/mol. The van der Waals surface area contributed by atoms with E-state index in [1.807, 2.05) is 49.4 Å². The fourth-order valence-corrected chi connectivity index (χ4v) is 2.88. The minimum Gasteiger partial charge on any atom is -0.452 e. The zero-order valence-electron chi connectivity index (χ0n) is 13.3. The van der Waals surface area contributed by atoms with Crippen LogP contribution in [0.2, 0.25) is 0 Å². The van der Waals surface area contributed by atoms with Gasteiger partial charge in [0.2, 0.25) is 0 Å². The minimum absolute atomic E-state index is 0.0155. The van der Waals surface area contributed by atoms with E-state index < -0.39 is 12.1 Å². The van der Waals surface area contributed by atoms with Crippen LogP contribution in [0.5, 0.6) is 0 Å². The van der Waals surface area contributed by atoms with Crippen LogP contribution in [0.1, 0.15) is 29.2 Å². The molecule has 0 saturated carbocycles. The summed E-state index contributed by atoms with van der Waals surface area (Å²) in [4.78, 5) is 20.5. The molecule has 0 amide bonds. The van der Waals surface area contributed by atoms with E-state index >= 15 is 0 Å². The van der Waals surface area contributed by atoms with Crippen molar-refractivity contribution in [2.45, 2.75) is 13.0 Å². The zero-order valence-corrected chi connectivity index (χ0v) is 14.8. The van der Waals surface area contributed by atoms with Crippen LogP contribution in [0, 0.1) is 0 Å². The molecule has 0 unspecified atom stereocenters. The molecule has 2 heterocycles. The number of benzene rings is 2. The van der Waals surface area contributed by atoms with Gasteiger partial charge in [-0.25, -0.2) is 14.3 Å². The molecule has 4 aromatic rings. The first-order valence-electron chi connectivity index (χ1n) is 7.68. The van der Waals surface area contributed by atoms with E-state index in [1.54, 1.807) is 12.4 Å². The van der Waals surface area contributed by atoms with Crippen LogP contribution in [0.4, 0.5) is 0 Å². The van der Waals surface area contributed by atoms with Crippen LogP contribution >= 0.6 is 15.9 Å². The Morgan fingerprint density at radius 3 is 2.84 bits per heavy atom. The molecular weight excluding hydrogens is 384 g/mol. The standard InChI is InChI=1S/C18H13BrN4O2/c1-11(13-7-6-12-4-2-3-5-14(12)8-13)25-17(24)16-21-18-20-9-15(19)10-23(18)22-16/h2-11H,1H3/t11-/m1/s1. The lowest BCUT2D eigenvalue weighted by Crippen LogP contribution is -2.11. The topological polar surface area (TPSA) is 69.4 Å². The maximum absolute atomic E-state index is 12.3. The highest BCUT2D eigenvalue weighted by Crippen LogP contribution is 2.23. The predicted octanol–water partition coefficient (Wildman–Crippen LogP) is 3.96.